The third-order valence-electron chi connectivity index (χ3n) is 0.938. The van der Waals surface area contributed by atoms with Crippen molar-refractivity contribution >= 4 is 70.2 Å². The van der Waals surface area contributed by atoms with Gasteiger partial charge in [0.25, 0.3) is 0 Å². The van der Waals surface area contributed by atoms with Crippen molar-refractivity contribution in [2.45, 2.75) is 9.41 Å². The monoisotopic (exact) mass is 542 g/mol. The molecule has 12 heteroatoms. The first-order valence-corrected chi connectivity index (χ1v) is 11.4. The van der Waals surface area contributed by atoms with E-state index in [1.807, 2.05) is 38.0 Å². The average molecular weight is 539 g/mol. The van der Waals surface area contributed by atoms with Gasteiger partial charge in [0.1, 0.15) is 0 Å². The molecule has 0 aliphatic carbocycles. The van der Waals surface area contributed by atoms with Crippen molar-refractivity contribution in [2.24, 2.45) is 0 Å². The zero-order chi connectivity index (χ0) is 14.3. The van der Waals surface area contributed by atoms with E-state index in [1.165, 1.54) is 36.0 Å². The maximum absolute atomic E-state index is 4.74. The van der Waals surface area contributed by atoms with E-state index in [1.54, 1.807) is 0 Å². The standard InChI is InChI=1S/2C3H9NS2.2Mo.2H2O.2S/c2*1-4(2)3(5)6;;;;;;/h2*3,5-6H,1-2H3;;;2*1H2;;. The number of hydrogen-bond acceptors (Lipinski definition) is 6. The summed E-state index contributed by atoms with van der Waals surface area (Å²) >= 11 is 19.0. The summed E-state index contributed by atoms with van der Waals surface area (Å²) < 4.78 is 0.148. The summed E-state index contributed by atoms with van der Waals surface area (Å²) in [5, 5.41) is 0. The molecule has 0 fully saturated rings. The molecule has 0 heterocycles. The Morgan fingerprint density at radius 1 is 0.778 bits per heavy atom. The normalized spacial score (nSPS) is 10.8. The number of nitrogens with zero attached hydrogens (tertiary/aromatic N) is 2. The van der Waals surface area contributed by atoms with Crippen molar-refractivity contribution < 1.29 is 46.9 Å². The maximum atomic E-state index is 4.74. The summed E-state index contributed by atoms with van der Waals surface area (Å²) in [5.74, 6) is 0. The summed E-state index contributed by atoms with van der Waals surface area (Å²) in [7, 11) is 15.9. The van der Waals surface area contributed by atoms with E-state index in [-0.39, 0.29) is 20.4 Å². The minimum absolute atomic E-state index is 0. The Hall–Kier alpha value is 3.06. The summed E-state index contributed by atoms with van der Waals surface area (Å²) in [6.45, 7) is 0. The first-order valence-electron chi connectivity index (χ1n) is 3.69. The second kappa shape index (κ2) is 32.1. The van der Waals surface area contributed by atoms with Crippen LogP contribution in [0, 0.1) is 0 Å². The summed E-state index contributed by atoms with van der Waals surface area (Å²) in [4.78, 5) is 3.79. The molecular weight excluding hydrogens is 516 g/mol. The van der Waals surface area contributed by atoms with Gasteiger partial charge in [-0.3, -0.25) is 9.80 Å². The molecule has 0 amide bonds. The molecule has 0 aromatic heterocycles. The van der Waals surface area contributed by atoms with E-state index in [2.05, 4.69) is 44.9 Å². The third kappa shape index (κ3) is 50.8. The van der Waals surface area contributed by atoms with Crippen LogP contribution in [-0.4, -0.2) is 58.4 Å². The molecule has 116 valence electrons. The Kier molecular flexibility index (Phi) is 66.7. The Bertz CT molecular complexity index is 111. The first-order chi connectivity index (χ1) is 7.29. The molecule has 0 aromatic carbocycles. The topological polar surface area (TPSA) is 69.5 Å². The van der Waals surface area contributed by atoms with E-state index < -0.39 is 0 Å². The molecule has 0 aromatic rings. The van der Waals surface area contributed by atoms with Crippen molar-refractivity contribution in [1.29, 1.82) is 0 Å². The average Bonchev–Trinajstić information content (AvgIpc) is 2.24. The minimum atomic E-state index is 0. The molecule has 0 aliphatic rings. The van der Waals surface area contributed by atoms with Crippen LogP contribution in [0.1, 0.15) is 0 Å². The zero-order valence-corrected chi connectivity index (χ0v) is 19.8. The predicted molar refractivity (Wildman–Crippen MR) is 92.4 cm³/mol. The van der Waals surface area contributed by atoms with Crippen LogP contribution in [0.3, 0.4) is 0 Å². The summed E-state index contributed by atoms with van der Waals surface area (Å²) in [6.07, 6.45) is 0. The van der Waals surface area contributed by atoms with Crippen molar-refractivity contribution in [1.82, 2.24) is 9.80 Å². The fourth-order valence-electron chi connectivity index (χ4n) is 0. The molecule has 0 spiro atoms. The van der Waals surface area contributed by atoms with Crippen molar-refractivity contribution in [3.63, 3.8) is 0 Å². The van der Waals surface area contributed by atoms with Gasteiger partial charge in [-0.05, 0) is 53.4 Å². The summed E-state index contributed by atoms with van der Waals surface area (Å²) in [6, 6.07) is 0. The quantitative estimate of drug-likeness (QED) is 0.240. The molecule has 0 bridgehead atoms. The first kappa shape index (κ1) is 37.4. The second-order valence-corrected chi connectivity index (χ2v) is 5.46. The van der Waals surface area contributed by atoms with Crippen LogP contribution < -0.4 is 0 Å². The van der Waals surface area contributed by atoms with Gasteiger partial charge in [0.2, 0.25) is 0 Å². The molecule has 0 rings (SSSR count). The fraction of sp³-hybridized carbons (Fsp3) is 1.00. The Morgan fingerprint density at radius 2 is 0.833 bits per heavy atom. The summed E-state index contributed by atoms with van der Waals surface area (Å²) in [5.41, 5.74) is 0. The van der Waals surface area contributed by atoms with Crippen molar-refractivity contribution in [3.8, 4) is 0 Å². The van der Waals surface area contributed by atoms with Gasteiger partial charge in [0.15, 0.2) is 0 Å². The molecule has 0 saturated carbocycles. The van der Waals surface area contributed by atoms with Gasteiger partial charge in [-0.15, -0.1) is 0 Å². The van der Waals surface area contributed by atoms with Crippen LogP contribution in [0.4, 0.5) is 0 Å². The van der Waals surface area contributed by atoms with Gasteiger partial charge in [-0.2, -0.15) is 0 Å². The van der Waals surface area contributed by atoms with Gasteiger partial charge in [-0.25, -0.2) is 0 Å². The molecule has 18 heavy (non-hydrogen) atoms. The molecule has 2 atom stereocenters. The molecular formula is C6H22Mo2N2O2S6. The van der Waals surface area contributed by atoms with E-state index in [9.17, 15) is 0 Å². The zero-order valence-electron chi connectivity index (χ0n) is 10.5. The van der Waals surface area contributed by atoms with E-state index in [0.29, 0.717) is 0 Å². The molecule has 2 unspecified atom stereocenters. The number of hydrogen-bond donors (Lipinski definition) is 0. The molecule has 4 N–H and O–H groups in total. The fourth-order valence-corrected chi connectivity index (χ4v) is 0. The van der Waals surface area contributed by atoms with Crippen molar-refractivity contribution in [3.05, 3.63) is 0 Å². The van der Waals surface area contributed by atoms with Crippen LogP contribution in [0.2, 0.25) is 0 Å². The van der Waals surface area contributed by atoms with Gasteiger partial charge in [-0.1, -0.05) is 0 Å². The van der Waals surface area contributed by atoms with E-state index in [0.717, 1.165) is 0 Å². The predicted octanol–water partition coefficient (Wildman–Crippen LogP) is -1.58. The second-order valence-electron chi connectivity index (χ2n) is 2.63. The SMILES string of the molecule is CN(C)C([S-])[SH2+].CN(C)C([S-])[SH2+].O.O.[S]=[Mo].[S]=[Mo]. The van der Waals surface area contributed by atoms with E-state index in [4.69, 9.17) is 25.3 Å². The number of rotatable bonds is 2. The van der Waals surface area contributed by atoms with Crippen LogP contribution in [-0.2, 0) is 86.5 Å². The Balaban J connectivity index is -0.0000000287. The van der Waals surface area contributed by atoms with Crippen LogP contribution in [0.15, 0.2) is 0 Å². The molecule has 4 nitrogen and oxygen atoms in total. The van der Waals surface area contributed by atoms with Gasteiger partial charge < -0.3 is 36.2 Å². The van der Waals surface area contributed by atoms with Crippen LogP contribution in [0.5, 0.6) is 0 Å². The van der Waals surface area contributed by atoms with Gasteiger partial charge in [0, 0.05) is 0 Å². The Morgan fingerprint density at radius 3 is 0.833 bits per heavy atom. The van der Waals surface area contributed by atoms with E-state index >= 15 is 0 Å². The Labute approximate surface area is 162 Å². The van der Waals surface area contributed by atoms with Gasteiger partial charge in [0.05, 0.1) is 9.41 Å². The van der Waals surface area contributed by atoms with Gasteiger partial charge >= 0.3 is 55.6 Å². The van der Waals surface area contributed by atoms with Crippen molar-refractivity contribution in [2.75, 3.05) is 28.2 Å². The molecule has 0 saturated heterocycles. The van der Waals surface area contributed by atoms with Crippen LogP contribution in [0.25, 0.3) is 0 Å². The molecule has 0 aliphatic heterocycles. The van der Waals surface area contributed by atoms with Crippen LogP contribution >= 0.6 is 19.6 Å². The molecule has 0 radical (unpaired) electrons. The third-order valence-corrected chi connectivity index (χ3v) is 2.81.